The van der Waals surface area contributed by atoms with Crippen molar-refractivity contribution in [3.05, 3.63) is 29.3 Å². The van der Waals surface area contributed by atoms with E-state index >= 15 is 0 Å². The Bertz CT molecular complexity index is 602. The van der Waals surface area contributed by atoms with Crippen LogP contribution in [-0.2, 0) is 15.7 Å². The van der Waals surface area contributed by atoms with Crippen molar-refractivity contribution in [3.8, 4) is 0 Å². The first-order chi connectivity index (χ1) is 9.90. The van der Waals surface area contributed by atoms with Crippen LogP contribution in [0.2, 0.25) is 0 Å². The molecule has 1 heterocycles. The fourth-order valence-corrected chi connectivity index (χ4v) is 5.43. The van der Waals surface area contributed by atoms with Gasteiger partial charge in [0.15, 0.2) is 9.84 Å². The smallest absolute Gasteiger partial charge is 0.171 e. The summed E-state index contributed by atoms with van der Waals surface area (Å²) in [6.07, 6.45) is 0. The number of benzene rings is 1. The van der Waals surface area contributed by atoms with Gasteiger partial charge < -0.3 is 4.90 Å². The second-order valence-electron chi connectivity index (χ2n) is 4.72. The van der Waals surface area contributed by atoms with Crippen molar-refractivity contribution in [2.75, 3.05) is 28.7 Å². The highest BCUT2D eigenvalue weighted by atomic mass is 35.5. The van der Waals surface area contributed by atoms with E-state index in [9.17, 15) is 17.2 Å². The first kappa shape index (κ1) is 16.8. The molecule has 1 atom stereocenters. The van der Waals surface area contributed by atoms with Crippen LogP contribution >= 0.6 is 23.4 Å². The lowest BCUT2D eigenvalue weighted by Gasteiger charge is -2.36. The van der Waals surface area contributed by atoms with Crippen molar-refractivity contribution in [2.45, 2.75) is 18.2 Å². The van der Waals surface area contributed by atoms with Crippen molar-refractivity contribution in [2.24, 2.45) is 0 Å². The van der Waals surface area contributed by atoms with Crippen molar-refractivity contribution in [1.82, 2.24) is 0 Å². The minimum absolute atomic E-state index is 0.000654. The first-order valence-corrected chi connectivity index (χ1v) is 9.91. The second kappa shape index (κ2) is 6.71. The van der Waals surface area contributed by atoms with Gasteiger partial charge in [0.1, 0.15) is 22.7 Å². The molecular weight excluding hydrogens is 340 g/mol. The van der Waals surface area contributed by atoms with Gasteiger partial charge in [-0.3, -0.25) is 0 Å². The van der Waals surface area contributed by atoms with E-state index in [1.807, 2.05) is 0 Å². The normalized spacial score (nSPS) is 19.8. The van der Waals surface area contributed by atoms with E-state index in [-0.39, 0.29) is 17.3 Å². The van der Waals surface area contributed by atoms with E-state index in [0.29, 0.717) is 23.6 Å². The third kappa shape index (κ3) is 3.46. The molecule has 0 spiro atoms. The van der Waals surface area contributed by atoms with Crippen LogP contribution in [0.25, 0.3) is 0 Å². The Hall–Kier alpha value is -0.530. The standard InChI is InChI=1S/C13H16ClF2NO2S2/c1-2-21(18,19)12-8-20-4-3-17(12)13-10(15)5-9(7-14)6-11(13)16/h5-6,12H,2-4,7-8H2,1H3. The highest BCUT2D eigenvalue weighted by Gasteiger charge is 2.35. The van der Waals surface area contributed by atoms with Crippen LogP contribution in [-0.4, -0.2) is 37.6 Å². The van der Waals surface area contributed by atoms with Crippen molar-refractivity contribution < 1.29 is 17.2 Å². The van der Waals surface area contributed by atoms with Gasteiger partial charge in [-0.1, -0.05) is 6.92 Å². The second-order valence-corrected chi connectivity index (χ2v) is 8.58. The molecule has 2 rings (SSSR count). The van der Waals surface area contributed by atoms with Crippen LogP contribution < -0.4 is 4.90 Å². The fourth-order valence-electron chi connectivity index (χ4n) is 2.30. The van der Waals surface area contributed by atoms with E-state index in [0.717, 1.165) is 12.1 Å². The Morgan fingerprint density at radius 2 is 2.00 bits per heavy atom. The number of nitrogens with zero attached hydrogens (tertiary/aromatic N) is 1. The summed E-state index contributed by atoms with van der Waals surface area (Å²) in [6.45, 7) is 1.83. The van der Waals surface area contributed by atoms with Gasteiger partial charge in [0.25, 0.3) is 0 Å². The lowest BCUT2D eigenvalue weighted by atomic mass is 10.2. The van der Waals surface area contributed by atoms with Crippen molar-refractivity contribution in [1.29, 1.82) is 0 Å². The molecule has 1 fully saturated rings. The molecule has 0 N–H and O–H groups in total. The maximum Gasteiger partial charge on any atom is 0.171 e. The summed E-state index contributed by atoms with van der Waals surface area (Å²) in [5, 5.41) is -0.896. The molecule has 1 aromatic rings. The van der Waals surface area contributed by atoms with Gasteiger partial charge in [-0.15, -0.1) is 11.6 Å². The molecule has 8 heteroatoms. The van der Waals surface area contributed by atoms with Gasteiger partial charge in [-0.25, -0.2) is 17.2 Å². The Labute approximate surface area is 132 Å². The molecule has 0 radical (unpaired) electrons. The molecule has 1 saturated heterocycles. The molecule has 21 heavy (non-hydrogen) atoms. The van der Waals surface area contributed by atoms with Crippen LogP contribution in [0.1, 0.15) is 12.5 Å². The largest absolute Gasteiger partial charge is 0.349 e. The molecule has 1 unspecified atom stereocenters. The predicted octanol–water partition coefficient (Wildman–Crippen LogP) is 3.02. The molecule has 118 valence electrons. The number of rotatable bonds is 4. The van der Waals surface area contributed by atoms with E-state index in [1.165, 1.54) is 23.6 Å². The van der Waals surface area contributed by atoms with E-state index in [1.54, 1.807) is 0 Å². The molecule has 0 saturated carbocycles. The van der Waals surface area contributed by atoms with E-state index < -0.39 is 26.8 Å². The zero-order valence-corrected chi connectivity index (χ0v) is 13.9. The van der Waals surface area contributed by atoms with Gasteiger partial charge in [0.2, 0.25) is 0 Å². The SMILES string of the molecule is CCS(=O)(=O)C1CSCCN1c1c(F)cc(CCl)cc1F. The summed E-state index contributed by atoms with van der Waals surface area (Å²) >= 11 is 7.06. The summed E-state index contributed by atoms with van der Waals surface area (Å²) in [6, 6.07) is 2.31. The van der Waals surface area contributed by atoms with E-state index in [2.05, 4.69) is 0 Å². The van der Waals surface area contributed by atoms with Crippen LogP contribution in [0.3, 0.4) is 0 Å². The fraction of sp³-hybridized carbons (Fsp3) is 0.538. The van der Waals surface area contributed by atoms with Gasteiger partial charge in [-0.05, 0) is 17.7 Å². The average molecular weight is 356 g/mol. The summed E-state index contributed by atoms with van der Waals surface area (Å²) in [5.74, 6) is -0.654. The summed E-state index contributed by atoms with van der Waals surface area (Å²) in [5.41, 5.74) is 0.0582. The minimum Gasteiger partial charge on any atom is -0.349 e. The lowest BCUT2D eigenvalue weighted by Crippen LogP contribution is -2.48. The van der Waals surface area contributed by atoms with Gasteiger partial charge in [-0.2, -0.15) is 11.8 Å². The third-order valence-electron chi connectivity index (χ3n) is 3.42. The predicted molar refractivity (Wildman–Crippen MR) is 83.8 cm³/mol. The van der Waals surface area contributed by atoms with Gasteiger partial charge in [0, 0.05) is 29.7 Å². The maximum absolute atomic E-state index is 14.2. The molecule has 3 nitrogen and oxygen atoms in total. The zero-order chi connectivity index (χ0) is 15.6. The Morgan fingerprint density at radius 1 is 1.38 bits per heavy atom. The molecule has 1 aliphatic heterocycles. The lowest BCUT2D eigenvalue weighted by molar-refractivity contribution is 0.555. The number of sulfone groups is 1. The van der Waals surface area contributed by atoms with Crippen LogP contribution in [0.15, 0.2) is 12.1 Å². The third-order valence-corrected chi connectivity index (χ3v) is 7.02. The first-order valence-electron chi connectivity index (χ1n) is 6.50. The van der Waals surface area contributed by atoms with Gasteiger partial charge in [0.05, 0.1) is 0 Å². The summed E-state index contributed by atoms with van der Waals surface area (Å²) in [4.78, 5) is 1.33. The Morgan fingerprint density at radius 3 is 2.52 bits per heavy atom. The van der Waals surface area contributed by atoms with Crippen LogP contribution in [0.4, 0.5) is 14.5 Å². The van der Waals surface area contributed by atoms with Crippen molar-refractivity contribution in [3.63, 3.8) is 0 Å². The molecular formula is C13H16ClF2NO2S2. The quantitative estimate of drug-likeness (QED) is 0.778. The van der Waals surface area contributed by atoms with Crippen LogP contribution in [0, 0.1) is 11.6 Å². The zero-order valence-electron chi connectivity index (χ0n) is 11.5. The molecule has 0 amide bonds. The topological polar surface area (TPSA) is 37.4 Å². The summed E-state index contributed by atoms with van der Waals surface area (Å²) < 4.78 is 52.7. The number of anilines is 1. The minimum atomic E-state index is -3.42. The number of hydrogen-bond acceptors (Lipinski definition) is 4. The highest BCUT2D eigenvalue weighted by molar-refractivity contribution is 8.01. The monoisotopic (exact) mass is 355 g/mol. The van der Waals surface area contributed by atoms with E-state index in [4.69, 9.17) is 11.6 Å². The number of hydrogen-bond donors (Lipinski definition) is 0. The molecule has 0 aliphatic carbocycles. The number of halogens is 3. The highest BCUT2D eigenvalue weighted by Crippen LogP contribution is 2.32. The van der Waals surface area contributed by atoms with Crippen molar-refractivity contribution >= 4 is 38.9 Å². The number of thioether (sulfide) groups is 1. The van der Waals surface area contributed by atoms with Crippen LogP contribution in [0.5, 0.6) is 0 Å². The Kier molecular flexibility index (Phi) is 5.38. The average Bonchev–Trinajstić information content (AvgIpc) is 2.46. The molecule has 1 aromatic carbocycles. The molecule has 0 bridgehead atoms. The number of alkyl halides is 1. The molecule has 0 aromatic heterocycles. The Balaban J connectivity index is 2.48. The maximum atomic E-state index is 14.2. The van der Waals surface area contributed by atoms with Gasteiger partial charge >= 0.3 is 0 Å². The molecule has 1 aliphatic rings. The summed E-state index contributed by atoms with van der Waals surface area (Å²) in [7, 11) is -3.42.